The molecule has 1 atom stereocenters. The summed E-state index contributed by atoms with van der Waals surface area (Å²) in [4.78, 5) is 33.7. The van der Waals surface area contributed by atoms with Gasteiger partial charge in [0, 0.05) is 5.56 Å². The molecular weight excluding hydrogens is 276 g/mol. The summed E-state index contributed by atoms with van der Waals surface area (Å²) < 4.78 is 0. The summed E-state index contributed by atoms with van der Waals surface area (Å²) >= 11 is 0. The lowest BCUT2D eigenvalue weighted by atomic mass is 10.0. The van der Waals surface area contributed by atoms with E-state index in [0.29, 0.717) is 18.5 Å². The minimum atomic E-state index is -1.45. The Kier molecular flexibility index (Phi) is 6.35. The minimum absolute atomic E-state index is 0.351. The van der Waals surface area contributed by atoms with Crippen LogP contribution in [0.1, 0.15) is 22.3 Å². The van der Waals surface area contributed by atoms with Crippen molar-refractivity contribution in [2.24, 2.45) is 0 Å². The Labute approximate surface area is 122 Å². The maximum absolute atomic E-state index is 12.1. The average Bonchev–Trinajstić information content (AvgIpc) is 2.44. The van der Waals surface area contributed by atoms with Gasteiger partial charge in [0.2, 0.25) is 0 Å². The van der Waals surface area contributed by atoms with Crippen LogP contribution in [0.2, 0.25) is 0 Å². The van der Waals surface area contributed by atoms with Gasteiger partial charge >= 0.3 is 11.9 Å². The fourth-order valence-corrected chi connectivity index (χ4v) is 1.83. The summed E-state index contributed by atoms with van der Waals surface area (Å²) in [5.41, 5.74) is 1.12. The van der Waals surface area contributed by atoms with Gasteiger partial charge in [0.15, 0.2) is 0 Å². The normalized spacial score (nSPS) is 11.7. The molecule has 0 radical (unpaired) electrons. The van der Waals surface area contributed by atoms with E-state index in [2.05, 4.69) is 10.6 Å². The van der Waals surface area contributed by atoms with E-state index < -0.39 is 30.3 Å². The number of hydrogen-bond donors (Lipinski definition) is 4. The molecule has 0 aliphatic rings. The number of benzene rings is 1. The Bertz CT molecular complexity index is 530. The van der Waals surface area contributed by atoms with Crippen molar-refractivity contribution in [3.8, 4) is 0 Å². The Balaban J connectivity index is 2.87. The molecule has 0 fully saturated rings. The molecule has 0 bridgehead atoms. The predicted octanol–water partition coefficient (Wildman–Crippen LogP) is 0.106. The molecule has 0 saturated carbocycles. The second-order valence-electron chi connectivity index (χ2n) is 4.47. The van der Waals surface area contributed by atoms with E-state index in [1.807, 2.05) is 0 Å². The first-order chi connectivity index (χ1) is 9.95. The molecule has 1 rings (SSSR count). The predicted molar refractivity (Wildman–Crippen MR) is 75.2 cm³/mol. The third kappa shape index (κ3) is 5.23. The average molecular weight is 294 g/mol. The van der Waals surface area contributed by atoms with Gasteiger partial charge in [-0.2, -0.15) is 0 Å². The highest BCUT2D eigenvalue weighted by Gasteiger charge is 2.24. The molecule has 7 nitrogen and oxygen atoms in total. The molecule has 0 spiro atoms. The summed E-state index contributed by atoms with van der Waals surface area (Å²) in [6.07, 6.45) is -0.0590. The number of carbonyl (C=O) groups is 3. The van der Waals surface area contributed by atoms with Crippen LogP contribution >= 0.6 is 0 Å². The van der Waals surface area contributed by atoms with Crippen molar-refractivity contribution < 1.29 is 24.6 Å². The summed E-state index contributed by atoms with van der Waals surface area (Å²) in [5.74, 6) is -3.25. The van der Waals surface area contributed by atoms with E-state index in [1.54, 1.807) is 31.3 Å². The van der Waals surface area contributed by atoms with Crippen LogP contribution in [0.15, 0.2) is 24.3 Å². The second-order valence-corrected chi connectivity index (χ2v) is 4.47. The fraction of sp³-hybridized carbons (Fsp3) is 0.357. The number of hydrogen-bond acceptors (Lipinski definition) is 4. The van der Waals surface area contributed by atoms with E-state index in [0.717, 1.165) is 5.56 Å². The van der Waals surface area contributed by atoms with Gasteiger partial charge in [-0.15, -0.1) is 0 Å². The van der Waals surface area contributed by atoms with Gasteiger partial charge in [-0.1, -0.05) is 18.2 Å². The summed E-state index contributed by atoms with van der Waals surface area (Å²) in [6, 6.07) is 5.37. The maximum atomic E-state index is 12.1. The molecule has 0 heterocycles. The van der Waals surface area contributed by atoms with Crippen molar-refractivity contribution in [3.63, 3.8) is 0 Å². The molecular formula is C14H18N2O5. The van der Waals surface area contributed by atoms with Crippen molar-refractivity contribution in [2.45, 2.75) is 18.9 Å². The Hall–Kier alpha value is -2.41. The molecule has 0 aliphatic carbocycles. The lowest BCUT2D eigenvalue weighted by Crippen LogP contribution is -2.42. The van der Waals surface area contributed by atoms with Crippen LogP contribution in [0.4, 0.5) is 0 Å². The monoisotopic (exact) mass is 294 g/mol. The largest absolute Gasteiger partial charge is 0.481 e. The van der Waals surface area contributed by atoms with Crippen LogP contribution in [0.3, 0.4) is 0 Å². The highest BCUT2D eigenvalue weighted by Crippen LogP contribution is 2.10. The van der Waals surface area contributed by atoms with Gasteiger partial charge in [0.05, 0.1) is 6.42 Å². The summed E-state index contributed by atoms with van der Waals surface area (Å²) in [5, 5.41) is 22.8. The number of aliphatic carboxylic acids is 2. The number of amides is 1. The van der Waals surface area contributed by atoms with Crippen LogP contribution in [0.25, 0.3) is 0 Å². The van der Waals surface area contributed by atoms with Crippen molar-refractivity contribution >= 4 is 17.8 Å². The minimum Gasteiger partial charge on any atom is -0.481 e. The molecule has 114 valence electrons. The summed E-state index contributed by atoms with van der Waals surface area (Å²) in [6.45, 7) is 0.668. The Morgan fingerprint density at radius 2 is 1.86 bits per heavy atom. The fourth-order valence-electron chi connectivity index (χ4n) is 1.83. The Morgan fingerprint density at radius 1 is 1.19 bits per heavy atom. The lowest BCUT2D eigenvalue weighted by molar-refractivity contribution is -0.145. The maximum Gasteiger partial charge on any atom is 0.326 e. The first-order valence-corrected chi connectivity index (χ1v) is 6.43. The molecule has 1 amide bonds. The third-order valence-corrected chi connectivity index (χ3v) is 2.89. The zero-order chi connectivity index (χ0) is 15.8. The van der Waals surface area contributed by atoms with Gasteiger partial charge in [-0.25, -0.2) is 4.79 Å². The molecule has 1 aromatic carbocycles. The van der Waals surface area contributed by atoms with Gasteiger partial charge in [-0.05, 0) is 31.6 Å². The number of carboxylic acid groups (broad SMARTS) is 2. The molecule has 1 aromatic rings. The zero-order valence-electron chi connectivity index (χ0n) is 11.6. The van der Waals surface area contributed by atoms with E-state index in [-0.39, 0.29) is 0 Å². The number of carbonyl (C=O) groups excluding carboxylic acids is 1. The summed E-state index contributed by atoms with van der Waals surface area (Å²) in [7, 11) is 1.79. The van der Waals surface area contributed by atoms with Gasteiger partial charge < -0.3 is 20.8 Å². The quantitative estimate of drug-likeness (QED) is 0.540. The first kappa shape index (κ1) is 16.6. The van der Waals surface area contributed by atoms with Crippen LogP contribution in [0, 0.1) is 0 Å². The van der Waals surface area contributed by atoms with E-state index in [1.165, 1.54) is 0 Å². The molecule has 4 N–H and O–H groups in total. The molecule has 0 aromatic heterocycles. The molecule has 21 heavy (non-hydrogen) atoms. The van der Waals surface area contributed by atoms with Gasteiger partial charge in [0.1, 0.15) is 6.04 Å². The zero-order valence-corrected chi connectivity index (χ0v) is 11.6. The lowest BCUT2D eigenvalue weighted by Gasteiger charge is -2.14. The molecule has 1 unspecified atom stereocenters. The first-order valence-electron chi connectivity index (χ1n) is 6.43. The SMILES string of the molecule is CNCCc1ccccc1C(=O)NC(CC(=O)O)C(=O)O. The van der Waals surface area contributed by atoms with Crippen LogP contribution in [-0.2, 0) is 16.0 Å². The standard InChI is InChI=1S/C14H18N2O5/c1-15-7-6-9-4-2-3-5-10(9)13(19)16-11(14(20)21)8-12(17)18/h2-5,11,15H,6-8H2,1H3,(H,16,19)(H,17,18)(H,20,21). The highest BCUT2D eigenvalue weighted by atomic mass is 16.4. The van der Waals surface area contributed by atoms with E-state index >= 15 is 0 Å². The van der Waals surface area contributed by atoms with Crippen molar-refractivity contribution in [1.29, 1.82) is 0 Å². The van der Waals surface area contributed by atoms with E-state index in [9.17, 15) is 14.4 Å². The topological polar surface area (TPSA) is 116 Å². The molecule has 0 saturated heterocycles. The smallest absolute Gasteiger partial charge is 0.326 e. The number of nitrogens with one attached hydrogen (secondary N) is 2. The van der Waals surface area contributed by atoms with Crippen molar-refractivity contribution in [2.75, 3.05) is 13.6 Å². The van der Waals surface area contributed by atoms with Crippen LogP contribution < -0.4 is 10.6 Å². The van der Waals surface area contributed by atoms with Crippen molar-refractivity contribution in [1.82, 2.24) is 10.6 Å². The van der Waals surface area contributed by atoms with Crippen LogP contribution in [-0.4, -0.2) is 47.7 Å². The number of carboxylic acids is 2. The van der Waals surface area contributed by atoms with Crippen LogP contribution in [0.5, 0.6) is 0 Å². The number of likely N-dealkylation sites (N-methyl/N-ethyl adjacent to an activating group) is 1. The second kappa shape index (κ2) is 8.01. The third-order valence-electron chi connectivity index (χ3n) is 2.89. The molecule has 7 heteroatoms. The van der Waals surface area contributed by atoms with Gasteiger partial charge in [0.25, 0.3) is 5.91 Å². The highest BCUT2D eigenvalue weighted by molar-refractivity contribution is 5.98. The van der Waals surface area contributed by atoms with E-state index in [4.69, 9.17) is 10.2 Å². The molecule has 0 aliphatic heterocycles. The van der Waals surface area contributed by atoms with Crippen molar-refractivity contribution in [3.05, 3.63) is 35.4 Å². The Morgan fingerprint density at radius 3 is 2.43 bits per heavy atom. The van der Waals surface area contributed by atoms with Gasteiger partial charge in [-0.3, -0.25) is 9.59 Å². The number of rotatable bonds is 8.